The Morgan fingerprint density at radius 3 is 2.21 bits per heavy atom. The summed E-state index contributed by atoms with van der Waals surface area (Å²) in [4.78, 5) is 24.6. The zero-order chi connectivity index (χ0) is 21.2. The normalized spacial score (nSPS) is 10.2. The molecule has 0 saturated heterocycles. The minimum atomic E-state index is -0.537. The lowest BCUT2D eigenvalue weighted by Gasteiger charge is -2.14. The molecule has 0 radical (unpaired) electrons. The first kappa shape index (κ1) is 22.4. The Kier molecular flexibility index (Phi) is 8.61. The lowest BCUT2D eigenvalue weighted by atomic mass is 10.2. The highest BCUT2D eigenvalue weighted by Gasteiger charge is 2.16. The average molecular weight is 421 g/mol. The van der Waals surface area contributed by atoms with Crippen LogP contribution in [0.3, 0.4) is 0 Å². The molecule has 2 rings (SSSR count). The van der Waals surface area contributed by atoms with Crippen LogP contribution in [0.2, 0.25) is 5.02 Å². The third-order valence-corrected chi connectivity index (χ3v) is 4.23. The van der Waals surface area contributed by atoms with Crippen molar-refractivity contribution in [3.05, 3.63) is 52.5 Å². The highest BCUT2D eigenvalue weighted by atomic mass is 35.5. The largest absolute Gasteiger partial charge is 0.494 e. The third-order valence-electron chi connectivity index (χ3n) is 3.95. The van der Waals surface area contributed by atoms with Crippen molar-refractivity contribution in [2.24, 2.45) is 0 Å². The first-order valence-electron chi connectivity index (χ1n) is 9.34. The number of halogens is 1. The highest BCUT2D eigenvalue weighted by Crippen LogP contribution is 2.36. The number of methoxy groups -OCH3 is 1. The van der Waals surface area contributed by atoms with Gasteiger partial charge in [0.15, 0.2) is 11.5 Å². The van der Waals surface area contributed by atoms with Crippen molar-refractivity contribution in [1.29, 1.82) is 0 Å². The molecule has 156 valence electrons. The number of rotatable bonds is 9. The second kappa shape index (κ2) is 11.2. The van der Waals surface area contributed by atoms with Crippen molar-refractivity contribution < 1.29 is 23.8 Å². The van der Waals surface area contributed by atoms with Gasteiger partial charge in [0.1, 0.15) is 5.75 Å². The molecule has 0 atom stereocenters. The second-order valence-corrected chi connectivity index (χ2v) is 6.46. The zero-order valence-electron chi connectivity index (χ0n) is 16.7. The summed E-state index contributed by atoms with van der Waals surface area (Å²) in [6, 6.07) is 9.54. The fourth-order valence-electron chi connectivity index (χ4n) is 2.44. The van der Waals surface area contributed by atoms with Gasteiger partial charge in [-0.1, -0.05) is 24.9 Å². The topological polar surface area (TPSA) is 85.9 Å². The molecule has 0 aliphatic rings. The molecule has 0 aliphatic heterocycles. The van der Waals surface area contributed by atoms with Gasteiger partial charge in [-0.3, -0.25) is 20.4 Å². The molecule has 2 N–H and O–H groups in total. The van der Waals surface area contributed by atoms with Crippen LogP contribution in [0, 0.1) is 0 Å². The smallest absolute Gasteiger partial charge is 0.269 e. The van der Waals surface area contributed by atoms with E-state index in [1.54, 1.807) is 24.3 Å². The van der Waals surface area contributed by atoms with Crippen molar-refractivity contribution in [2.75, 3.05) is 20.3 Å². The number of hydrogen-bond acceptors (Lipinski definition) is 5. The van der Waals surface area contributed by atoms with E-state index in [1.807, 2.05) is 6.92 Å². The maximum Gasteiger partial charge on any atom is 0.269 e. The number of nitrogens with one attached hydrogen (secondary N) is 2. The van der Waals surface area contributed by atoms with Gasteiger partial charge in [0.05, 0.1) is 25.3 Å². The number of benzene rings is 2. The molecule has 8 heteroatoms. The molecule has 0 heterocycles. The zero-order valence-corrected chi connectivity index (χ0v) is 17.5. The predicted octanol–water partition coefficient (Wildman–Crippen LogP) is 4.00. The van der Waals surface area contributed by atoms with Gasteiger partial charge < -0.3 is 14.2 Å². The second-order valence-electron chi connectivity index (χ2n) is 6.06. The summed E-state index contributed by atoms with van der Waals surface area (Å²) < 4.78 is 16.3. The summed E-state index contributed by atoms with van der Waals surface area (Å²) >= 11 is 6.25. The van der Waals surface area contributed by atoms with E-state index >= 15 is 0 Å². The van der Waals surface area contributed by atoms with Crippen LogP contribution in [0.4, 0.5) is 0 Å². The molecule has 2 amide bonds. The monoisotopic (exact) mass is 420 g/mol. The van der Waals surface area contributed by atoms with Crippen LogP contribution in [-0.2, 0) is 0 Å². The Hall–Kier alpha value is -2.93. The van der Waals surface area contributed by atoms with E-state index in [0.717, 1.165) is 12.8 Å². The summed E-state index contributed by atoms with van der Waals surface area (Å²) in [7, 11) is 1.47. The van der Waals surface area contributed by atoms with Gasteiger partial charge in [0, 0.05) is 11.1 Å². The Bertz CT molecular complexity index is 840. The Morgan fingerprint density at radius 2 is 1.62 bits per heavy atom. The number of amides is 2. The molecule has 7 nitrogen and oxygen atoms in total. The number of hydrogen-bond donors (Lipinski definition) is 2. The SMILES string of the molecule is CCCCOc1c(Cl)cc(C(=O)NNC(=O)c2ccc(OCC)cc2)cc1OC. The number of hydrazine groups is 1. The number of ether oxygens (including phenoxy) is 3. The van der Waals surface area contributed by atoms with Crippen LogP contribution < -0.4 is 25.1 Å². The maximum atomic E-state index is 12.4. The number of unbranched alkanes of at least 4 members (excludes halogenated alkanes) is 1. The maximum absolute atomic E-state index is 12.4. The summed E-state index contributed by atoms with van der Waals surface area (Å²) in [5, 5.41) is 0.253. The summed E-state index contributed by atoms with van der Waals surface area (Å²) in [5.74, 6) is 0.397. The van der Waals surface area contributed by atoms with Crippen LogP contribution in [-0.4, -0.2) is 32.1 Å². The first-order valence-corrected chi connectivity index (χ1v) is 9.71. The van der Waals surface area contributed by atoms with Gasteiger partial charge >= 0.3 is 0 Å². The van der Waals surface area contributed by atoms with Crippen molar-refractivity contribution in [3.8, 4) is 17.2 Å². The molecule has 0 fully saturated rings. The Balaban J connectivity index is 2.02. The van der Waals surface area contributed by atoms with Crippen molar-refractivity contribution in [1.82, 2.24) is 10.9 Å². The Labute approximate surface area is 175 Å². The number of carbonyl (C=O) groups is 2. The van der Waals surface area contributed by atoms with Crippen LogP contribution in [0.1, 0.15) is 47.4 Å². The number of carbonyl (C=O) groups excluding carboxylic acids is 2. The fourth-order valence-corrected chi connectivity index (χ4v) is 2.70. The molecular formula is C21H25ClN2O5. The fraction of sp³-hybridized carbons (Fsp3) is 0.333. The minimum Gasteiger partial charge on any atom is -0.494 e. The molecule has 0 aliphatic carbocycles. The summed E-state index contributed by atoms with van der Waals surface area (Å²) in [5.41, 5.74) is 5.33. The van der Waals surface area contributed by atoms with Gasteiger partial charge in [0.2, 0.25) is 0 Å². The average Bonchev–Trinajstić information content (AvgIpc) is 2.73. The van der Waals surface area contributed by atoms with Crippen molar-refractivity contribution >= 4 is 23.4 Å². The minimum absolute atomic E-state index is 0.224. The molecule has 29 heavy (non-hydrogen) atoms. The van der Waals surface area contributed by atoms with Crippen molar-refractivity contribution in [3.63, 3.8) is 0 Å². The summed E-state index contributed by atoms with van der Waals surface area (Å²) in [6.07, 6.45) is 1.85. The lowest BCUT2D eigenvalue weighted by Crippen LogP contribution is -2.41. The molecule has 0 aromatic heterocycles. The van der Waals surface area contributed by atoms with E-state index in [0.29, 0.717) is 36.0 Å². The van der Waals surface area contributed by atoms with Gasteiger partial charge in [0.25, 0.3) is 11.8 Å². The van der Waals surface area contributed by atoms with Crippen LogP contribution in [0.5, 0.6) is 17.2 Å². The van der Waals surface area contributed by atoms with Crippen LogP contribution >= 0.6 is 11.6 Å². The molecule has 0 spiro atoms. The van der Waals surface area contributed by atoms with Gasteiger partial charge in [-0.05, 0) is 49.7 Å². The molecule has 0 unspecified atom stereocenters. The molecule has 2 aromatic carbocycles. The standard InChI is InChI=1S/C21H25ClN2O5/c1-4-6-11-29-19-17(22)12-15(13-18(19)27-3)21(26)24-23-20(25)14-7-9-16(10-8-14)28-5-2/h7-10,12-13H,4-6,11H2,1-3H3,(H,23,25)(H,24,26). The van der Waals surface area contributed by atoms with E-state index in [4.69, 9.17) is 25.8 Å². The van der Waals surface area contributed by atoms with Crippen LogP contribution in [0.15, 0.2) is 36.4 Å². The molecule has 0 saturated carbocycles. The van der Waals surface area contributed by atoms with Gasteiger partial charge in [-0.2, -0.15) is 0 Å². The lowest BCUT2D eigenvalue weighted by molar-refractivity contribution is 0.0846. The molecule has 2 aromatic rings. The van der Waals surface area contributed by atoms with Gasteiger partial charge in [-0.25, -0.2) is 0 Å². The Morgan fingerprint density at radius 1 is 0.966 bits per heavy atom. The van der Waals surface area contributed by atoms with Gasteiger partial charge in [-0.15, -0.1) is 0 Å². The van der Waals surface area contributed by atoms with Crippen molar-refractivity contribution in [2.45, 2.75) is 26.7 Å². The summed E-state index contributed by atoms with van der Waals surface area (Å²) in [6.45, 7) is 4.96. The van der Waals surface area contributed by atoms with E-state index in [-0.39, 0.29) is 10.6 Å². The third kappa shape index (κ3) is 6.29. The van der Waals surface area contributed by atoms with E-state index < -0.39 is 11.8 Å². The molecular weight excluding hydrogens is 396 g/mol. The van der Waals surface area contributed by atoms with Crippen LogP contribution in [0.25, 0.3) is 0 Å². The van der Waals surface area contributed by atoms with E-state index in [9.17, 15) is 9.59 Å². The quantitative estimate of drug-likeness (QED) is 0.473. The highest BCUT2D eigenvalue weighted by molar-refractivity contribution is 6.32. The predicted molar refractivity (Wildman–Crippen MR) is 111 cm³/mol. The van der Waals surface area contributed by atoms with E-state index in [1.165, 1.54) is 19.2 Å². The first-order chi connectivity index (χ1) is 14.0. The molecule has 0 bridgehead atoms. The van der Waals surface area contributed by atoms with E-state index in [2.05, 4.69) is 17.8 Å².